The van der Waals surface area contributed by atoms with Gasteiger partial charge in [0.1, 0.15) is 11.5 Å². The average Bonchev–Trinajstić information content (AvgIpc) is 2.77. The molecule has 2 aliphatic heterocycles. The molecule has 1 N–H and O–H groups in total. The van der Waals surface area contributed by atoms with Crippen LogP contribution < -0.4 is 14.8 Å². The lowest BCUT2D eigenvalue weighted by molar-refractivity contribution is -0.914. The fourth-order valence-corrected chi connectivity index (χ4v) is 4.78. The number of rotatable bonds is 7. The van der Waals surface area contributed by atoms with Gasteiger partial charge in [-0.2, -0.15) is 0 Å². The van der Waals surface area contributed by atoms with E-state index in [1.807, 2.05) is 18.2 Å². The van der Waals surface area contributed by atoms with Gasteiger partial charge in [0.25, 0.3) is 0 Å². The van der Waals surface area contributed by atoms with E-state index < -0.39 is 0 Å². The van der Waals surface area contributed by atoms with Crippen LogP contribution >= 0.6 is 0 Å². The van der Waals surface area contributed by atoms with Gasteiger partial charge >= 0.3 is 0 Å². The van der Waals surface area contributed by atoms with Crippen molar-refractivity contribution in [3.8, 4) is 11.5 Å². The third kappa shape index (κ3) is 4.78. The maximum Gasteiger partial charge on any atom is 0.224 e. The quantitative estimate of drug-likeness (QED) is 0.546. The van der Waals surface area contributed by atoms with Crippen molar-refractivity contribution in [1.29, 1.82) is 0 Å². The van der Waals surface area contributed by atoms with Crippen LogP contribution in [0.2, 0.25) is 0 Å². The molecule has 0 aromatic heterocycles. The topological polar surface area (TPSA) is 47.6 Å². The second-order valence-corrected chi connectivity index (χ2v) is 8.87. The van der Waals surface area contributed by atoms with Gasteiger partial charge in [-0.15, -0.1) is 0 Å². The molecular formula is C25H33N2O3+. The van der Waals surface area contributed by atoms with Crippen molar-refractivity contribution >= 4 is 11.6 Å². The van der Waals surface area contributed by atoms with Crippen LogP contribution in [0.1, 0.15) is 42.7 Å². The van der Waals surface area contributed by atoms with Crippen LogP contribution in [0.5, 0.6) is 11.5 Å². The van der Waals surface area contributed by atoms with Crippen LogP contribution in [0.15, 0.2) is 42.5 Å². The van der Waals surface area contributed by atoms with E-state index in [0.717, 1.165) is 53.2 Å². The number of anilines is 1. The predicted molar refractivity (Wildman–Crippen MR) is 119 cm³/mol. The highest BCUT2D eigenvalue weighted by Crippen LogP contribution is 2.33. The van der Waals surface area contributed by atoms with Crippen LogP contribution in [0.25, 0.3) is 0 Å². The third-order valence-corrected chi connectivity index (χ3v) is 6.73. The predicted octanol–water partition coefficient (Wildman–Crippen LogP) is 4.37. The molecule has 1 saturated heterocycles. The molecule has 2 heterocycles. The molecule has 1 amide bonds. The highest BCUT2D eigenvalue weighted by Gasteiger charge is 2.30. The van der Waals surface area contributed by atoms with Gasteiger partial charge in [-0.3, -0.25) is 4.79 Å². The fraction of sp³-hybridized carbons (Fsp3) is 0.480. The van der Waals surface area contributed by atoms with E-state index in [1.165, 1.54) is 31.5 Å². The van der Waals surface area contributed by atoms with Gasteiger partial charge in [-0.1, -0.05) is 18.2 Å². The summed E-state index contributed by atoms with van der Waals surface area (Å²) in [5.74, 6) is 2.60. The first-order chi connectivity index (χ1) is 14.6. The van der Waals surface area contributed by atoms with Crippen molar-refractivity contribution in [2.45, 2.75) is 38.0 Å². The molecule has 2 aromatic rings. The standard InChI is InChI=1S/C25H32N2O3/c1-27(16-13-20(14-17-27)19-7-9-21(29-2)10-8-19)15-4-18-30-24-6-3-5-23-22(24)11-12-25(28)26-23/h3,5-10,20H,4,11-18H2,1-2H3/p+1. The Morgan fingerprint density at radius 2 is 1.83 bits per heavy atom. The SMILES string of the molecule is COc1ccc(C2CC[N+](C)(CCCOc3cccc4c3CCC(=O)N4)CC2)cc1. The maximum atomic E-state index is 11.6. The number of hydrogen-bond acceptors (Lipinski definition) is 3. The number of fused-ring (bicyclic) bond motifs is 1. The van der Waals surface area contributed by atoms with Crippen molar-refractivity contribution in [1.82, 2.24) is 0 Å². The second kappa shape index (κ2) is 9.09. The van der Waals surface area contributed by atoms with Gasteiger partial charge in [0, 0.05) is 36.9 Å². The summed E-state index contributed by atoms with van der Waals surface area (Å²) in [7, 11) is 4.09. The minimum absolute atomic E-state index is 0.0927. The largest absolute Gasteiger partial charge is 0.497 e. The van der Waals surface area contributed by atoms with E-state index >= 15 is 0 Å². The number of quaternary nitrogens is 1. The molecule has 0 unspecified atom stereocenters. The van der Waals surface area contributed by atoms with Crippen molar-refractivity contribution in [2.24, 2.45) is 0 Å². The monoisotopic (exact) mass is 409 g/mol. The molecular weight excluding hydrogens is 376 g/mol. The van der Waals surface area contributed by atoms with Crippen LogP contribution in [0, 0.1) is 0 Å². The van der Waals surface area contributed by atoms with Gasteiger partial charge < -0.3 is 19.3 Å². The Morgan fingerprint density at radius 1 is 1.07 bits per heavy atom. The highest BCUT2D eigenvalue weighted by molar-refractivity contribution is 5.94. The first-order valence-corrected chi connectivity index (χ1v) is 11.1. The van der Waals surface area contributed by atoms with Gasteiger partial charge in [-0.25, -0.2) is 0 Å². The van der Waals surface area contributed by atoms with Crippen LogP contribution in [-0.4, -0.2) is 50.8 Å². The van der Waals surface area contributed by atoms with Gasteiger partial charge in [0.2, 0.25) is 5.91 Å². The number of benzene rings is 2. The molecule has 5 heteroatoms. The van der Waals surface area contributed by atoms with E-state index in [-0.39, 0.29) is 5.91 Å². The minimum Gasteiger partial charge on any atom is -0.497 e. The molecule has 5 nitrogen and oxygen atoms in total. The van der Waals surface area contributed by atoms with Crippen molar-refractivity contribution < 1.29 is 18.8 Å². The molecule has 0 spiro atoms. The van der Waals surface area contributed by atoms with Gasteiger partial charge in [0.15, 0.2) is 0 Å². The highest BCUT2D eigenvalue weighted by atomic mass is 16.5. The van der Waals surface area contributed by atoms with Crippen LogP contribution in [0.4, 0.5) is 5.69 Å². The maximum absolute atomic E-state index is 11.6. The van der Waals surface area contributed by atoms with Crippen molar-refractivity contribution in [3.63, 3.8) is 0 Å². The molecule has 1 fully saturated rings. The van der Waals surface area contributed by atoms with Crippen molar-refractivity contribution in [3.05, 3.63) is 53.6 Å². The zero-order valence-electron chi connectivity index (χ0n) is 18.2. The fourth-order valence-electron chi connectivity index (χ4n) is 4.78. The summed E-state index contributed by atoms with van der Waals surface area (Å²) in [6.07, 6.45) is 4.81. The zero-order chi connectivity index (χ0) is 21.0. The molecule has 160 valence electrons. The lowest BCUT2D eigenvalue weighted by Gasteiger charge is -2.41. The smallest absolute Gasteiger partial charge is 0.224 e. The summed E-state index contributed by atoms with van der Waals surface area (Å²) >= 11 is 0. The Kier molecular flexibility index (Phi) is 6.28. The van der Waals surface area contributed by atoms with E-state index in [1.54, 1.807) is 7.11 Å². The second-order valence-electron chi connectivity index (χ2n) is 8.87. The summed E-state index contributed by atoms with van der Waals surface area (Å²) < 4.78 is 12.5. The number of likely N-dealkylation sites (tertiary alicyclic amines) is 1. The van der Waals surface area contributed by atoms with Crippen LogP contribution in [0.3, 0.4) is 0 Å². The third-order valence-electron chi connectivity index (χ3n) is 6.73. The minimum atomic E-state index is 0.0927. The van der Waals surface area contributed by atoms with Gasteiger partial charge in [0.05, 0.1) is 40.4 Å². The van der Waals surface area contributed by atoms with E-state index in [2.05, 4.69) is 36.6 Å². The Labute approximate surface area is 179 Å². The molecule has 30 heavy (non-hydrogen) atoms. The number of hydrogen-bond donors (Lipinski definition) is 1. The number of carbonyl (C=O) groups is 1. The molecule has 2 aromatic carbocycles. The first kappa shape index (κ1) is 20.7. The summed E-state index contributed by atoms with van der Waals surface area (Å²) in [6.45, 7) is 4.29. The molecule has 0 atom stereocenters. The Hall–Kier alpha value is -2.53. The number of nitrogens with zero attached hydrogens (tertiary/aromatic N) is 1. The number of carbonyl (C=O) groups excluding carboxylic acids is 1. The summed E-state index contributed by atoms with van der Waals surface area (Å²) in [4.78, 5) is 11.6. The van der Waals surface area contributed by atoms with Crippen molar-refractivity contribution in [2.75, 3.05) is 45.7 Å². The normalized spacial score (nSPS) is 23.4. The van der Waals surface area contributed by atoms with Gasteiger partial charge in [-0.05, 0) is 42.2 Å². The number of methoxy groups -OCH3 is 1. The Morgan fingerprint density at radius 3 is 2.57 bits per heavy atom. The molecule has 0 bridgehead atoms. The molecule has 2 aliphatic rings. The summed E-state index contributed by atoms with van der Waals surface area (Å²) in [5.41, 5.74) is 3.48. The van der Waals surface area contributed by atoms with E-state index in [4.69, 9.17) is 9.47 Å². The van der Waals surface area contributed by atoms with E-state index in [9.17, 15) is 4.79 Å². The van der Waals surface area contributed by atoms with E-state index in [0.29, 0.717) is 12.3 Å². The zero-order valence-corrected chi connectivity index (χ0v) is 18.2. The average molecular weight is 410 g/mol. The lowest BCUT2D eigenvalue weighted by Crippen LogP contribution is -2.50. The molecule has 0 aliphatic carbocycles. The Bertz CT molecular complexity index is 870. The lowest BCUT2D eigenvalue weighted by atomic mass is 9.88. The molecule has 4 rings (SSSR count). The number of piperidine rings is 1. The number of nitrogens with one attached hydrogen (secondary N) is 1. The van der Waals surface area contributed by atoms with Crippen LogP contribution in [-0.2, 0) is 11.2 Å². The Balaban J connectivity index is 1.24. The number of amides is 1. The summed E-state index contributed by atoms with van der Waals surface area (Å²) in [5, 5.41) is 2.94. The first-order valence-electron chi connectivity index (χ1n) is 11.1. The number of ether oxygens (including phenoxy) is 2. The summed E-state index contributed by atoms with van der Waals surface area (Å²) in [6, 6.07) is 14.5. The molecule has 0 saturated carbocycles. The molecule has 0 radical (unpaired) electrons.